The van der Waals surface area contributed by atoms with Crippen LogP contribution in [0.4, 0.5) is 0 Å². The average molecular weight is 406 g/mol. The summed E-state index contributed by atoms with van der Waals surface area (Å²) in [6, 6.07) is 9.42. The molecule has 2 rings (SSSR count). The molecule has 0 bridgehead atoms. The Hall–Kier alpha value is -2.98. The third-order valence-corrected chi connectivity index (χ3v) is 5.25. The number of carbonyl (C=O) groups is 2. The lowest BCUT2D eigenvalue weighted by molar-refractivity contribution is -0.124. The molecule has 150 valence electrons. The molecule has 1 atom stereocenters. The molecule has 1 heterocycles. The molecular formula is C18H22N4O5S. The van der Waals surface area contributed by atoms with Crippen LogP contribution in [0.5, 0.6) is 5.75 Å². The molecule has 0 aliphatic carbocycles. The maximum Gasteiger partial charge on any atom is 0.288 e. The molecule has 9 nitrogen and oxygen atoms in total. The smallest absolute Gasteiger partial charge is 0.288 e. The van der Waals surface area contributed by atoms with E-state index in [0.29, 0.717) is 5.75 Å². The van der Waals surface area contributed by atoms with Crippen molar-refractivity contribution in [2.75, 3.05) is 7.11 Å². The van der Waals surface area contributed by atoms with Crippen molar-refractivity contribution >= 4 is 21.8 Å². The van der Waals surface area contributed by atoms with E-state index in [4.69, 9.17) is 4.74 Å². The van der Waals surface area contributed by atoms with Gasteiger partial charge in [0.25, 0.3) is 11.8 Å². The van der Waals surface area contributed by atoms with Crippen LogP contribution in [0.25, 0.3) is 0 Å². The van der Waals surface area contributed by atoms with Crippen LogP contribution < -0.4 is 20.3 Å². The van der Waals surface area contributed by atoms with Gasteiger partial charge in [-0.1, -0.05) is 19.9 Å². The standard InChI is InChI=1S/C18H22N4O5S/c1-12(2)16(18(24)21-20-17(23)15-6-4-5-11-19-15)22-28(25,26)14-9-7-13(27-3)8-10-14/h4-12,16,22H,1-3H3,(H,20,23)(H,21,24)/t16-/m1/s1. The van der Waals surface area contributed by atoms with Gasteiger partial charge in [-0.15, -0.1) is 0 Å². The molecule has 1 aromatic carbocycles. The molecule has 2 aromatic rings. The predicted molar refractivity (Wildman–Crippen MR) is 102 cm³/mol. The van der Waals surface area contributed by atoms with Crippen molar-refractivity contribution in [3.63, 3.8) is 0 Å². The summed E-state index contributed by atoms with van der Waals surface area (Å²) in [5.74, 6) is -1.18. The molecule has 0 fully saturated rings. The lowest BCUT2D eigenvalue weighted by atomic mass is 10.1. The zero-order valence-electron chi connectivity index (χ0n) is 15.7. The molecule has 0 radical (unpaired) electrons. The van der Waals surface area contributed by atoms with E-state index in [1.807, 2.05) is 0 Å². The molecule has 0 spiro atoms. The Kier molecular flexibility index (Phi) is 7.07. The second-order valence-corrected chi connectivity index (χ2v) is 7.89. The van der Waals surface area contributed by atoms with Crippen LogP contribution in [0.15, 0.2) is 53.6 Å². The molecule has 10 heteroatoms. The fourth-order valence-corrected chi connectivity index (χ4v) is 3.58. The van der Waals surface area contributed by atoms with Crippen LogP contribution in [-0.4, -0.2) is 38.4 Å². The second kappa shape index (κ2) is 9.29. The predicted octanol–water partition coefficient (Wildman–Crippen LogP) is 0.854. The first-order chi connectivity index (χ1) is 13.2. The maximum atomic E-state index is 12.6. The van der Waals surface area contributed by atoms with E-state index in [0.717, 1.165) is 0 Å². The quantitative estimate of drug-likeness (QED) is 0.585. The van der Waals surface area contributed by atoms with Crippen LogP contribution in [0, 0.1) is 5.92 Å². The molecule has 0 aliphatic rings. The number of hydrogen-bond acceptors (Lipinski definition) is 6. The van der Waals surface area contributed by atoms with E-state index in [-0.39, 0.29) is 16.5 Å². The summed E-state index contributed by atoms with van der Waals surface area (Å²) in [6.45, 7) is 3.36. The summed E-state index contributed by atoms with van der Waals surface area (Å²) in [4.78, 5) is 28.3. The Balaban J connectivity index is 2.06. The normalized spacial score (nSPS) is 12.3. The number of carbonyl (C=O) groups excluding carboxylic acids is 2. The summed E-state index contributed by atoms with van der Waals surface area (Å²) in [5, 5.41) is 0. The summed E-state index contributed by atoms with van der Waals surface area (Å²) in [7, 11) is -2.48. The highest BCUT2D eigenvalue weighted by molar-refractivity contribution is 7.89. The molecular weight excluding hydrogens is 384 g/mol. The highest BCUT2D eigenvalue weighted by Crippen LogP contribution is 2.16. The van der Waals surface area contributed by atoms with Gasteiger partial charge in [-0.3, -0.25) is 25.4 Å². The number of nitrogens with zero attached hydrogens (tertiary/aromatic N) is 1. The van der Waals surface area contributed by atoms with Gasteiger partial charge in [0.05, 0.1) is 12.0 Å². The van der Waals surface area contributed by atoms with Crippen molar-refractivity contribution in [3.05, 3.63) is 54.4 Å². The van der Waals surface area contributed by atoms with Crippen molar-refractivity contribution in [2.45, 2.75) is 24.8 Å². The van der Waals surface area contributed by atoms with E-state index < -0.39 is 27.9 Å². The molecule has 2 amide bonds. The van der Waals surface area contributed by atoms with Gasteiger partial charge in [0.2, 0.25) is 10.0 Å². The van der Waals surface area contributed by atoms with Gasteiger partial charge < -0.3 is 4.74 Å². The lowest BCUT2D eigenvalue weighted by Gasteiger charge is -2.21. The van der Waals surface area contributed by atoms with Crippen LogP contribution in [0.1, 0.15) is 24.3 Å². The first-order valence-electron chi connectivity index (χ1n) is 8.42. The minimum absolute atomic E-state index is 0.00993. The minimum Gasteiger partial charge on any atom is -0.497 e. The average Bonchev–Trinajstić information content (AvgIpc) is 2.70. The topological polar surface area (TPSA) is 126 Å². The Morgan fingerprint density at radius 2 is 1.71 bits per heavy atom. The van der Waals surface area contributed by atoms with Crippen LogP contribution in [0.2, 0.25) is 0 Å². The largest absolute Gasteiger partial charge is 0.497 e. The van der Waals surface area contributed by atoms with Gasteiger partial charge in [0.15, 0.2) is 0 Å². The fraction of sp³-hybridized carbons (Fsp3) is 0.278. The van der Waals surface area contributed by atoms with E-state index >= 15 is 0 Å². The molecule has 28 heavy (non-hydrogen) atoms. The molecule has 3 N–H and O–H groups in total. The zero-order valence-corrected chi connectivity index (χ0v) is 16.5. The van der Waals surface area contributed by atoms with Crippen LogP contribution >= 0.6 is 0 Å². The van der Waals surface area contributed by atoms with Crippen molar-refractivity contribution in [3.8, 4) is 5.75 Å². The van der Waals surface area contributed by atoms with E-state index in [1.54, 1.807) is 26.0 Å². The number of rotatable bonds is 7. The van der Waals surface area contributed by atoms with E-state index in [1.165, 1.54) is 43.6 Å². The highest BCUT2D eigenvalue weighted by atomic mass is 32.2. The minimum atomic E-state index is -3.96. The number of ether oxygens (including phenoxy) is 1. The number of hydrogen-bond donors (Lipinski definition) is 3. The number of nitrogens with one attached hydrogen (secondary N) is 3. The molecule has 0 saturated carbocycles. The van der Waals surface area contributed by atoms with Gasteiger partial charge in [0, 0.05) is 6.20 Å². The van der Waals surface area contributed by atoms with Crippen molar-refractivity contribution < 1.29 is 22.7 Å². The summed E-state index contributed by atoms with van der Waals surface area (Å²) < 4.78 is 32.5. The number of pyridine rings is 1. The molecule has 0 saturated heterocycles. The third kappa shape index (κ3) is 5.51. The zero-order chi connectivity index (χ0) is 20.7. The van der Waals surface area contributed by atoms with E-state index in [2.05, 4.69) is 20.6 Å². The first kappa shape index (κ1) is 21.3. The number of amides is 2. The Labute approximate surface area is 163 Å². The number of methoxy groups -OCH3 is 1. The third-order valence-electron chi connectivity index (χ3n) is 3.80. The first-order valence-corrected chi connectivity index (χ1v) is 9.90. The number of benzene rings is 1. The Morgan fingerprint density at radius 1 is 1.04 bits per heavy atom. The van der Waals surface area contributed by atoms with Gasteiger partial charge in [-0.05, 0) is 42.3 Å². The second-order valence-electron chi connectivity index (χ2n) is 6.18. The number of sulfonamides is 1. The van der Waals surface area contributed by atoms with Gasteiger partial charge in [-0.25, -0.2) is 8.42 Å². The molecule has 0 unspecified atom stereocenters. The summed E-state index contributed by atoms with van der Waals surface area (Å²) in [5.41, 5.74) is 4.57. The Morgan fingerprint density at radius 3 is 2.25 bits per heavy atom. The maximum absolute atomic E-state index is 12.6. The van der Waals surface area contributed by atoms with Crippen molar-refractivity contribution in [1.29, 1.82) is 0 Å². The monoisotopic (exact) mass is 406 g/mol. The molecule has 1 aromatic heterocycles. The van der Waals surface area contributed by atoms with Gasteiger partial charge in [0.1, 0.15) is 17.5 Å². The highest BCUT2D eigenvalue weighted by Gasteiger charge is 2.28. The number of hydrazine groups is 1. The molecule has 0 aliphatic heterocycles. The Bertz CT molecular complexity index is 915. The van der Waals surface area contributed by atoms with Gasteiger partial charge >= 0.3 is 0 Å². The fourth-order valence-electron chi connectivity index (χ4n) is 2.24. The van der Waals surface area contributed by atoms with Gasteiger partial charge in [-0.2, -0.15) is 4.72 Å². The van der Waals surface area contributed by atoms with Crippen molar-refractivity contribution in [2.24, 2.45) is 5.92 Å². The lowest BCUT2D eigenvalue weighted by Crippen LogP contribution is -2.54. The van der Waals surface area contributed by atoms with Crippen LogP contribution in [0.3, 0.4) is 0 Å². The summed E-state index contributed by atoms with van der Waals surface area (Å²) >= 11 is 0. The van der Waals surface area contributed by atoms with E-state index in [9.17, 15) is 18.0 Å². The number of aromatic nitrogens is 1. The SMILES string of the molecule is COc1ccc(S(=O)(=O)N[C@@H](C(=O)NNC(=O)c2ccccn2)C(C)C)cc1. The van der Waals surface area contributed by atoms with Crippen LogP contribution in [-0.2, 0) is 14.8 Å². The summed E-state index contributed by atoms with van der Waals surface area (Å²) in [6.07, 6.45) is 1.44. The van der Waals surface area contributed by atoms with Crippen molar-refractivity contribution in [1.82, 2.24) is 20.6 Å².